The van der Waals surface area contributed by atoms with Gasteiger partial charge in [0, 0.05) is 16.9 Å². The van der Waals surface area contributed by atoms with Crippen LogP contribution in [0.4, 0.5) is 4.39 Å². The maximum atomic E-state index is 15.9. The summed E-state index contributed by atoms with van der Waals surface area (Å²) in [6.45, 7) is 0. The first kappa shape index (κ1) is 19.2. The van der Waals surface area contributed by atoms with Crippen molar-refractivity contribution in [2.45, 2.75) is 18.9 Å². The van der Waals surface area contributed by atoms with Gasteiger partial charge in [-0.2, -0.15) is 10.8 Å². The minimum Gasteiger partial charge on any atom is -0.393 e. The van der Waals surface area contributed by atoms with E-state index in [1.165, 1.54) is 0 Å². The largest absolute Gasteiger partial charge is 0.393 e. The van der Waals surface area contributed by atoms with E-state index in [9.17, 15) is 5.11 Å². The third-order valence-corrected chi connectivity index (χ3v) is 6.43. The van der Waals surface area contributed by atoms with E-state index < -0.39 is 5.82 Å². The number of aliphatic hydroxyl groups excluding tert-OH is 1. The summed E-state index contributed by atoms with van der Waals surface area (Å²) < 4.78 is 15.7. The molecule has 6 rings (SSSR count). The van der Waals surface area contributed by atoms with Crippen LogP contribution in [0.15, 0.2) is 88.4 Å². The van der Waals surface area contributed by atoms with Crippen LogP contribution in [-0.4, -0.2) is 32.8 Å². The fourth-order valence-electron chi connectivity index (χ4n) is 4.60. The van der Waals surface area contributed by atoms with Gasteiger partial charge in [0.05, 0.1) is 29.8 Å². The molecule has 1 aromatic heterocycles. The summed E-state index contributed by atoms with van der Waals surface area (Å²) in [5.74, 6) is 6.77. The predicted octanol–water partition coefficient (Wildman–Crippen LogP) is 4.03. The van der Waals surface area contributed by atoms with Gasteiger partial charge in [-0.3, -0.25) is 4.99 Å². The number of aliphatic imine (C=N–C) groups is 2. The van der Waals surface area contributed by atoms with E-state index in [4.69, 9.17) is 10.8 Å². The molecule has 1 saturated carbocycles. The van der Waals surface area contributed by atoms with Gasteiger partial charge in [-0.05, 0) is 25.0 Å². The number of aliphatic hydroxyl groups is 1. The fraction of sp³-hybridized carbons (Fsp3) is 0.160. The molecule has 2 aromatic carbocycles. The standard InChI is InChI=1S/C25H21FN5O/c26-22-19(8-6-16-7-9-20(29-24(16)22)15-4-2-1-3-5-15)25-30-23(17-12-18(32)13-17)21-14-28-10-11-31(21,25)27/h1-11,14,17-18,32H,12-13,27H2/q+1. The van der Waals surface area contributed by atoms with Crippen molar-refractivity contribution in [1.29, 1.82) is 0 Å². The number of hydrogen-bond donors (Lipinski definition) is 2. The van der Waals surface area contributed by atoms with Gasteiger partial charge in [0.2, 0.25) is 5.70 Å². The zero-order valence-electron chi connectivity index (χ0n) is 17.2. The van der Waals surface area contributed by atoms with Gasteiger partial charge in [0.1, 0.15) is 17.4 Å². The van der Waals surface area contributed by atoms with E-state index in [-0.39, 0.29) is 22.1 Å². The summed E-state index contributed by atoms with van der Waals surface area (Å²) in [5.41, 5.74) is 3.69. The monoisotopic (exact) mass is 426 g/mol. The van der Waals surface area contributed by atoms with Gasteiger partial charge >= 0.3 is 0 Å². The third-order valence-electron chi connectivity index (χ3n) is 6.43. The molecule has 3 aliphatic rings. The normalized spacial score (nSPS) is 26.3. The Morgan fingerprint density at radius 2 is 1.81 bits per heavy atom. The van der Waals surface area contributed by atoms with Gasteiger partial charge in [-0.1, -0.05) is 42.5 Å². The van der Waals surface area contributed by atoms with Crippen LogP contribution in [0.3, 0.4) is 0 Å². The second-order valence-electron chi connectivity index (χ2n) is 8.44. The lowest BCUT2D eigenvalue weighted by Crippen LogP contribution is -2.53. The lowest BCUT2D eigenvalue weighted by molar-refractivity contribution is -0.750. The molecule has 0 bridgehead atoms. The van der Waals surface area contributed by atoms with Crippen molar-refractivity contribution in [3.8, 4) is 11.3 Å². The number of pyridine rings is 1. The van der Waals surface area contributed by atoms with Crippen LogP contribution in [0.25, 0.3) is 22.2 Å². The molecule has 3 heterocycles. The maximum absolute atomic E-state index is 15.9. The minimum atomic E-state index is -0.452. The molecule has 158 valence electrons. The minimum absolute atomic E-state index is 0.0859. The highest BCUT2D eigenvalue weighted by molar-refractivity contribution is 6.03. The number of allylic oxidation sites excluding steroid dienone is 2. The van der Waals surface area contributed by atoms with E-state index in [0.717, 1.165) is 11.3 Å². The number of halogens is 1. The number of hydrogen-bond acceptors (Lipinski definition) is 5. The molecule has 1 unspecified atom stereocenters. The molecular weight excluding hydrogens is 405 g/mol. The highest BCUT2D eigenvalue weighted by atomic mass is 19.1. The smallest absolute Gasteiger partial charge is 0.267 e. The highest BCUT2D eigenvalue weighted by Crippen LogP contribution is 2.42. The molecule has 1 aliphatic carbocycles. The number of nitrogens with two attached hydrogens (primary N) is 1. The van der Waals surface area contributed by atoms with Crippen molar-refractivity contribution in [3.05, 3.63) is 89.8 Å². The van der Waals surface area contributed by atoms with E-state index >= 15 is 4.39 Å². The first-order chi connectivity index (χ1) is 15.5. The van der Waals surface area contributed by atoms with Crippen molar-refractivity contribution >= 4 is 23.0 Å². The number of quaternary nitrogens is 1. The summed E-state index contributed by atoms with van der Waals surface area (Å²) in [5, 5.41) is 10.5. The van der Waals surface area contributed by atoms with Crippen LogP contribution in [0.2, 0.25) is 0 Å². The quantitative estimate of drug-likeness (QED) is 0.490. The number of fused-ring (bicyclic) bond motifs is 2. The van der Waals surface area contributed by atoms with E-state index in [1.807, 2.05) is 48.5 Å². The molecule has 6 nitrogen and oxygen atoms in total. The van der Waals surface area contributed by atoms with Crippen LogP contribution in [0.5, 0.6) is 0 Å². The Labute approximate surface area is 184 Å². The number of rotatable bonds is 3. The molecule has 2 aliphatic heterocycles. The SMILES string of the molecule is N[N+]12C=CN=CC1=C(C1CC(O)C1)N=C2c1ccc2ccc(-c3ccccc3)nc2c1F. The van der Waals surface area contributed by atoms with Gasteiger partial charge in [0.15, 0.2) is 5.82 Å². The van der Waals surface area contributed by atoms with Gasteiger partial charge in [-0.25, -0.2) is 9.37 Å². The molecule has 3 N–H and O–H groups in total. The van der Waals surface area contributed by atoms with Crippen molar-refractivity contribution in [2.75, 3.05) is 0 Å². The zero-order chi connectivity index (χ0) is 21.9. The van der Waals surface area contributed by atoms with Crippen molar-refractivity contribution in [1.82, 2.24) is 4.98 Å². The Kier molecular flexibility index (Phi) is 4.19. The van der Waals surface area contributed by atoms with Crippen LogP contribution in [-0.2, 0) is 0 Å². The van der Waals surface area contributed by atoms with Crippen LogP contribution < -0.4 is 5.84 Å². The summed E-state index contributed by atoms with van der Waals surface area (Å²) in [7, 11) is 0. The average molecular weight is 426 g/mol. The predicted molar refractivity (Wildman–Crippen MR) is 122 cm³/mol. The first-order valence-electron chi connectivity index (χ1n) is 10.6. The summed E-state index contributed by atoms with van der Waals surface area (Å²) in [4.78, 5) is 13.6. The number of amidine groups is 1. The Morgan fingerprint density at radius 1 is 1.03 bits per heavy atom. The Hall–Kier alpha value is -3.52. The van der Waals surface area contributed by atoms with Crippen molar-refractivity contribution in [3.63, 3.8) is 0 Å². The molecule has 32 heavy (non-hydrogen) atoms. The average Bonchev–Trinajstić information content (AvgIpc) is 3.10. The van der Waals surface area contributed by atoms with Crippen molar-refractivity contribution < 1.29 is 14.1 Å². The Bertz CT molecular complexity index is 1370. The molecule has 7 heteroatoms. The van der Waals surface area contributed by atoms with Gasteiger partial charge in [0.25, 0.3) is 5.84 Å². The molecule has 0 radical (unpaired) electrons. The lowest BCUT2D eigenvalue weighted by Gasteiger charge is -2.31. The molecular formula is C25H21FN5O+. The molecule has 3 aromatic rings. The maximum Gasteiger partial charge on any atom is 0.267 e. The number of nitrogens with zero attached hydrogens (tertiary/aromatic N) is 4. The van der Waals surface area contributed by atoms with Crippen LogP contribution in [0.1, 0.15) is 18.4 Å². The fourth-order valence-corrected chi connectivity index (χ4v) is 4.60. The van der Waals surface area contributed by atoms with Crippen LogP contribution in [0, 0.1) is 11.7 Å². The Balaban J connectivity index is 1.49. The van der Waals surface area contributed by atoms with Crippen molar-refractivity contribution in [2.24, 2.45) is 21.7 Å². The molecule has 0 amide bonds. The second-order valence-corrected chi connectivity index (χ2v) is 8.44. The Morgan fingerprint density at radius 3 is 2.59 bits per heavy atom. The number of aromatic nitrogens is 1. The third kappa shape index (κ3) is 2.79. The summed E-state index contributed by atoms with van der Waals surface area (Å²) >= 11 is 0. The van der Waals surface area contributed by atoms with Gasteiger partial charge in [-0.15, -0.1) is 4.59 Å². The molecule has 0 spiro atoms. The molecule has 1 fully saturated rings. The van der Waals surface area contributed by atoms with E-state index in [1.54, 1.807) is 24.7 Å². The van der Waals surface area contributed by atoms with E-state index in [0.29, 0.717) is 41.0 Å². The topological polar surface area (TPSA) is 83.9 Å². The summed E-state index contributed by atoms with van der Waals surface area (Å²) in [6, 6.07) is 17.0. The molecule has 1 atom stereocenters. The van der Waals surface area contributed by atoms with Crippen LogP contribution >= 0.6 is 0 Å². The molecule has 0 saturated heterocycles. The first-order valence-corrected chi connectivity index (χ1v) is 10.6. The summed E-state index contributed by atoms with van der Waals surface area (Å²) in [6.07, 6.45) is 5.89. The number of benzene rings is 2. The van der Waals surface area contributed by atoms with Gasteiger partial charge < -0.3 is 5.11 Å². The lowest BCUT2D eigenvalue weighted by atomic mass is 9.79. The van der Waals surface area contributed by atoms with E-state index in [2.05, 4.69) is 9.98 Å². The highest BCUT2D eigenvalue weighted by Gasteiger charge is 2.48. The zero-order valence-corrected chi connectivity index (χ0v) is 17.2. The second kappa shape index (κ2) is 7.00.